The highest BCUT2D eigenvalue weighted by Gasteiger charge is 2.11. The molecule has 0 spiro atoms. The summed E-state index contributed by atoms with van der Waals surface area (Å²) >= 11 is 0. The lowest BCUT2D eigenvalue weighted by Crippen LogP contribution is -2.36. The van der Waals surface area contributed by atoms with Crippen LogP contribution in [0, 0.1) is 11.3 Å². The SMILES string of the molecule is COC(=O)C(C#N)=Cc1ccc(N2CCOCC2)cc1. The molecule has 20 heavy (non-hydrogen) atoms. The molecule has 2 rings (SSSR count). The fourth-order valence-electron chi connectivity index (χ4n) is 2.02. The average Bonchev–Trinajstić information content (AvgIpc) is 2.53. The first kappa shape index (κ1) is 14.1. The Hall–Kier alpha value is -2.32. The predicted molar refractivity (Wildman–Crippen MR) is 75.1 cm³/mol. The Morgan fingerprint density at radius 3 is 2.55 bits per heavy atom. The van der Waals surface area contributed by atoms with Crippen LogP contribution in [0.25, 0.3) is 6.08 Å². The molecule has 1 aliphatic rings. The number of nitrogens with zero attached hydrogens (tertiary/aromatic N) is 2. The number of hydrogen-bond acceptors (Lipinski definition) is 5. The van der Waals surface area contributed by atoms with Crippen LogP contribution >= 0.6 is 0 Å². The van der Waals surface area contributed by atoms with E-state index in [1.807, 2.05) is 30.3 Å². The van der Waals surface area contributed by atoms with Gasteiger partial charge in [-0.05, 0) is 23.8 Å². The van der Waals surface area contributed by atoms with Gasteiger partial charge in [0.05, 0.1) is 20.3 Å². The molecule has 0 bridgehead atoms. The molecule has 5 heteroatoms. The maximum atomic E-state index is 11.3. The highest BCUT2D eigenvalue weighted by Crippen LogP contribution is 2.18. The van der Waals surface area contributed by atoms with Gasteiger partial charge in [-0.15, -0.1) is 0 Å². The van der Waals surface area contributed by atoms with Crippen molar-refractivity contribution in [1.82, 2.24) is 0 Å². The monoisotopic (exact) mass is 272 g/mol. The average molecular weight is 272 g/mol. The first-order valence-electron chi connectivity index (χ1n) is 6.37. The van der Waals surface area contributed by atoms with E-state index in [0.717, 1.165) is 37.6 Å². The quantitative estimate of drug-likeness (QED) is 0.475. The topological polar surface area (TPSA) is 62.6 Å². The Morgan fingerprint density at radius 1 is 1.35 bits per heavy atom. The number of hydrogen-bond donors (Lipinski definition) is 0. The third-order valence-corrected chi connectivity index (χ3v) is 3.11. The molecule has 0 radical (unpaired) electrons. The van der Waals surface area contributed by atoms with Crippen molar-refractivity contribution >= 4 is 17.7 Å². The van der Waals surface area contributed by atoms with Crippen LogP contribution in [0.15, 0.2) is 29.8 Å². The second-order valence-corrected chi connectivity index (χ2v) is 4.35. The van der Waals surface area contributed by atoms with Crippen LogP contribution in [0.1, 0.15) is 5.56 Å². The molecule has 0 aliphatic carbocycles. The summed E-state index contributed by atoms with van der Waals surface area (Å²) in [5, 5.41) is 8.91. The van der Waals surface area contributed by atoms with Crippen LogP contribution in [0.4, 0.5) is 5.69 Å². The van der Waals surface area contributed by atoms with Crippen molar-refractivity contribution in [1.29, 1.82) is 5.26 Å². The first-order chi connectivity index (χ1) is 9.74. The number of esters is 1. The van der Waals surface area contributed by atoms with Gasteiger partial charge in [-0.1, -0.05) is 12.1 Å². The summed E-state index contributed by atoms with van der Waals surface area (Å²) in [6.45, 7) is 3.23. The number of ether oxygens (including phenoxy) is 2. The molecule has 0 aromatic heterocycles. The minimum Gasteiger partial charge on any atom is -0.465 e. The number of nitriles is 1. The van der Waals surface area contributed by atoms with Gasteiger partial charge in [-0.25, -0.2) is 4.79 Å². The smallest absolute Gasteiger partial charge is 0.348 e. The molecule has 0 amide bonds. The zero-order valence-electron chi connectivity index (χ0n) is 11.3. The van der Waals surface area contributed by atoms with Crippen LogP contribution < -0.4 is 4.90 Å². The molecule has 1 heterocycles. The molecule has 1 aromatic rings. The fourth-order valence-corrected chi connectivity index (χ4v) is 2.02. The van der Waals surface area contributed by atoms with E-state index in [4.69, 9.17) is 10.00 Å². The summed E-state index contributed by atoms with van der Waals surface area (Å²) in [5.41, 5.74) is 1.90. The van der Waals surface area contributed by atoms with Gasteiger partial charge in [-0.2, -0.15) is 5.26 Å². The van der Waals surface area contributed by atoms with Crippen molar-refractivity contribution in [3.8, 4) is 6.07 Å². The molecule has 0 unspecified atom stereocenters. The lowest BCUT2D eigenvalue weighted by atomic mass is 10.1. The van der Waals surface area contributed by atoms with Gasteiger partial charge in [0, 0.05) is 18.8 Å². The molecule has 1 saturated heterocycles. The van der Waals surface area contributed by atoms with Crippen LogP contribution in [-0.4, -0.2) is 39.4 Å². The van der Waals surface area contributed by atoms with Crippen LogP contribution in [0.5, 0.6) is 0 Å². The Kier molecular flexibility index (Phi) is 4.75. The lowest BCUT2D eigenvalue weighted by Gasteiger charge is -2.28. The van der Waals surface area contributed by atoms with Crippen molar-refractivity contribution in [2.75, 3.05) is 38.3 Å². The molecular formula is C15H16N2O3. The summed E-state index contributed by atoms with van der Waals surface area (Å²) in [4.78, 5) is 13.6. The molecule has 1 aliphatic heterocycles. The molecule has 0 saturated carbocycles. The number of carbonyl (C=O) groups excluding carboxylic acids is 1. The van der Waals surface area contributed by atoms with Gasteiger partial charge in [-0.3, -0.25) is 0 Å². The largest absolute Gasteiger partial charge is 0.465 e. The van der Waals surface area contributed by atoms with Gasteiger partial charge in [0.25, 0.3) is 0 Å². The van der Waals surface area contributed by atoms with Crippen molar-refractivity contribution in [3.05, 3.63) is 35.4 Å². The van der Waals surface area contributed by atoms with E-state index in [1.54, 1.807) is 0 Å². The van der Waals surface area contributed by atoms with Gasteiger partial charge < -0.3 is 14.4 Å². The maximum Gasteiger partial charge on any atom is 0.348 e. The number of carbonyl (C=O) groups is 1. The van der Waals surface area contributed by atoms with E-state index in [1.165, 1.54) is 13.2 Å². The second kappa shape index (κ2) is 6.73. The third-order valence-electron chi connectivity index (χ3n) is 3.11. The highest BCUT2D eigenvalue weighted by atomic mass is 16.5. The molecule has 0 atom stereocenters. The third kappa shape index (κ3) is 3.37. The molecule has 5 nitrogen and oxygen atoms in total. The van der Waals surface area contributed by atoms with Gasteiger partial charge in [0.2, 0.25) is 0 Å². The minimum absolute atomic E-state index is 0.00776. The number of anilines is 1. The number of methoxy groups -OCH3 is 1. The van der Waals surface area contributed by atoms with E-state index in [-0.39, 0.29) is 5.57 Å². The summed E-state index contributed by atoms with van der Waals surface area (Å²) in [6, 6.07) is 9.55. The molecular weight excluding hydrogens is 256 g/mol. The minimum atomic E-state index is -0.621. The van der Waals surface area contributed by atoms with E-state index in [2.05, 4.69) is 9.64 Å². The first-order valence-corrected chi connectivity index (χ1v) is 6.37. The standard InChI is InChI=1S/C15H16N2O3/c1-19-15(18)13(11-16)10-12-2-4-14(5-3-12)17-6-8-20-9-7-17/h2-5,10H,6-9H2,1H3. The number of benzene rings is 1. The van der Waals surface area contributed by atoms with Gasteiger partial charge in [0.1, 0.15) is 11.6 Å². The van der Waals surface area contributed by atoms with Crippen molar-refractivity contribution in [2.45, 2.75) is 0 Å². The van der Waals surface area contributed by atoms with Crippen molar-refractivity contribution < 1.29 is 14.3 Å². The molecule has 1 aromatic carbocycles. The number of morpholine rings is 1. The maximum absolute atomic E-state index is 11.3. The molecule has 1 fully saturated rings. The summed E-state index contributed by atoms with van der Waals surface area (Å²) in [7, 11) is 1.26. The summed E-state index contributed by atoms with van der Waals surface area (Å²) < 4.78 is 9.85. The van der Waals surface area contributed by atoms with Crippen LogP contribution in [0.2, 0.25) is 0 Å². The Bertz CT molecular complexity index is 537. The van der Waals surface area contributed by atoms with E-state index in [0.29, 0.717) is 0 Å². The van der Waals surface area contributed by atoms with E-state index >= 15 is 0 Å². The zero-order valence-corrected chi connectivity index (χ0v) is 11.3. The Balaban J connectivity index is 2.13. The van der Waals surface area contributed by atoms with Crippen LogP contribution in [-0.2, 0) is 14.3 Å². The highest BCUT2D eigenvalue weighted by molar-refractivity contribution is 5.97. The second-order valence-electron chi connectivity index (χ2n) is 4.35. The Labute approximate surface area is 118 Å². The van der Waals surface area contributed by atoms with E-state index < -0.39 is 5.97 Å². The van der Waals surface area contributed by atoms with E-state index in [9.17, 15) is 4.79 Å². The number of rotatable bonds is 3. The van der Waals surface area contributed by atoms with Crippen molar-refractivity contribution in [2.24, 2.45) is 0 Å². The van der Waals surface area contributed by atoms with Gasteiger partial charge >= 0.3 is 5.97 Å². The Morgan fingerprint density at radius 2 is 2.00 bits per heavy atom. The molecule has 0 N–H and O–H groups in total. The van der Waals surface area contributed by atoms with Gasteiger partial charge in [0.15, 0.2) is 0 Å². The zero-order chi connectivity index (χ0) is 14.4. The van der Waals surface area contributed by atoms with Crippen molar-refractivity contribution in [3.63, 3.8) is 0 Å². The normalized spacial score (nSPS) is 15.6. The fraction of sp³-hybridized carbons (Fsp3) is 0.333. The molecule has 104 valence electrons. The lowest BCUT2D eigenvalue weighted by molar-refractivity contribution is -0.135. The predicted octanol–water partition coefficient (Wildman–Crippen LogP) is 1.60. The van der Waals surface area contributed by atoms with Crippen LogP contribution in [0.3, 0.4) is 0 Å². The summed E-state index contributed by atoms with van der Waals surface area (Å²) in [6.07, 6.45) is 1.52. The summed E-state index contributed by atoms with van der Waals surface area (Å²) in [5.74, 6) is -0.621.